The van der Waals surface area contributed by atoms with Crippen molar-refractivity contribution in [2.45, 2.75) is 77.7 Å². The fourth-order valence-corrected chi connectivity index (χ4v) is 4.91. The lowest BCUT2D eigenvalue weighted by Gasteiger charge is -2.30. The summed E-state index contributed by atoms with van der Waals surface area (Å²) in [6.45, 7) is 14.1. The molecule has 0 amide bonds. The molecule has 148 valence electrons. The van der Waals surface area contributed by atoms with Crippen molar-refractivity contribution in [3.05, 3.63) is 33.6 Å². The molecule has 1 aliphatic heterocycles. The van der Waals surface area contributed by atoms with Crippen molar-refractivity contribution in [1.29, 1.82) is 0 Å². The Kier molecular flexibility index (Phi) is 5.44. The quantitative estimate of drug-likeness (QED) is 0.661. The van der Waals surface area contributed by atoms with E-state index >= 15 is 0 Å². The number of thiazole rings is 1. The number of aromatic hydroxyl groups is 1. The van der Waals surface area contributed by atoms with Gasteiger partial charge in [-0.1, -0.05) is 48.0 Å². The minimum absolute atomic E-state index is 0.122. The lowest BCUT2D eigenvalue weighted by atomic mass is 9.78. The molecule has 1 aromatic carbocycles. The number of aromatic nitrogens is 1. The molecule has 4 heteroatoms. The molecule has 0 aliphatic carbocycles. The molecule has 3 nitrogen and oxygen atoms in total. The van der Waals surface area contributed by atoms with Crippen LogP contribution in [0.15, 0.2) is 17.5 Å². The maximum Gasteiger partial charge on any atom is 0.123 e. The molecule has 0 saturated carbocycles. The van der Waals surface area contributed by atoms with E-state index in [4.69, 9.17) is 4.98 Å². The predicted molar refractivity (Wildman–Crippen MR) is 116 cm³/mol. The summed E-state index contributed by atoms with van der Waals surface area (Å²) in [6.07, 6.45) is 3.76. The number of nitrogens with zero attached hydrogens (tertiary/aromatic N) is 2. The highest BCUT2D eigenvalue weighted by Gasteiger charge is 2.28. The van der Waals surface area contributed by atoms with Crippen molar-refractivity contribution in [2.75, 3.05) is 13.6 Å². The third-order valence-electron chi connectivity index (χ3n) is 5.60. The van der Waals surface area contributed by atoms with Crippen LogP contribution < -0.4 is 0 Å². The van der Waals surface area contributed by atoms with E-state index in [9.17, 15) is 5.11 Å². The van der Waals surface area contributed by atoms with E-state index in [1.54, 1.807) is 11.3 Å². The molecular formula is C23H34N2OS. The van der Waals surface area contributed by atoms with E-state index < -0.39 is 0 Å². The summed E-state index contributed by atoms with van der Waals surface area (Å²) in [5.41, 5.74) is 3.89. The molecule has 1 unspecified atom stereocenters. The first kappa shape index (κ1) is 20.3. The summed E-state index contributed by atoms with van der Waals surface area (Å²) in [5.74, 6) is 0.432. The van der Waals surface area contributed by atoms with Crippen molar-refractivity contribution in [2.24, 2.45) is 0 Å². The first-order valence-electron chi connectivity index (χ1n) is 10.0. The Balaban J connectivity index is 2.07. The van der Waals surface area contributed by atoms with E-state index in [2.05, 4.69) is 71.0 Å². The minimum atomic E-state index is -0.122. The van der Waals surface area contributed by atoms with Gasteiger partial charge in [0.15, 0.2) is 0 Å². The van der Waals surface area contributed by atoms with Crippen molar-refractivity contribution in [3.63, 3.8) is 0 Å². The zero-order valence-electron chi connectivity index (χ0n) is 17.9. The van der Waals surface area contributed by atoms with Gasteiger partial charge in [0.1, 0.15) is 10.8 Å². The van der Waals surface area contributed by atoms with Crippen molar-refractivity contribution < 1.29 is 5.11 Å². The maximum absolute atomic E-state index is 11.0. The molecule has 1 aliphatic rings. The highest BCUT2D eigenvalue weighted by Crippen LogP contribution is 2.42. The van der Waals surface area contributed by atoms with E-state index in [1.165, 1.54) is 24.3 Å². The lowest BCUT2D eigenvalue weighted by Crippen LogP contribution is -2.29. The molecule has 3 rings (SSSR count). The second-order valence-electron chi connectivity index (χ2n) is 9.98. The van der Waals surface area contributed by atoms with Gasteiger partial charge in [0, 0.05) is 22.1 Å². The number of hydrogen-bond donors (Lipinski definition) is 1. The predicted octanol–water partition coefficient (Wildman–Crippen LogP) is 6.27. The lowest BCUT2D eigenvalue weighted by molar-refractivity contribution is 0.187. The van der Waals surface area contributed by atoms with Gasteiger partial charge in [-0.15, -0.1) is 11.3 Å². The molecule has 1 N–H and O–H groups in total. The Labute approximate surface area is 168 Å². The molecule has 1 fully saturated rings. The van der Waals surface area contributed by atoms with Gasteiger partial charge in [-0.2, -0.15) is 0 Å². The summed E-state index contributed by atoms with van der Waals surface area (Å²) < 4.78 is 0. The Morgan fingerprint density at radius 2 is 1.63 bits per heavy atom. The minimum Gasteiger partial charge on any atom is -0.507 e. The van der Waals surface area contributed by atoms with Crippen LogP contribution in [0.4, 0.5) is 0 Å². The van der Waals surface area contributed by atoms with E-state index in [1.807, 2.05) is 0 Å². The molecule has 2 heterocycles. The highest BCUT2D eigenvalue weighted by molar-refractivity contribution is 7.10. The topological polar surface area (TPSA) is 36.4 Å². The van der Waals surface area contributed by atoms with Crippen LogP contribution in [-0.4, -0.2) is 28.6 Å². The van der Waals surface area contributed by atoms with Crippen LogP contribution in [0.2, 0.25) is 0 Å². The van der Waals surface area contributed by atoms with Gasteiger partial charge >= 0.3 is 0 Å². The van der Waals surface area contributed by atoms with E-state index in [0.29, 0.717) is 11.8 Å². The van der Waals surface area contributed by atoms with Gasteiger partial charge in [-0.25, -0.2) is 4.98 Å². The average Bonchev–Trinajstić information content (AvgIpc) is 3.03. The molecule has 27 heavy (non-hydrogen) atoms. The van der Waals surface area contributed by atoms with Crippen LogP contribution in [0, 0.1) is 0 Å². The smallest absolute Gasteiger partial charge is 0.123 e. The second kappa shape index (κ2) is 7.21. The number of piperidine rings is 1. The molecule has 2 aromatic rings. The first-order chi connectivity index (χ1) is 12.5. The standard InChI is InChI=1S/C23H34N2OS/c1-22(2,3)16-12-15(13-17(20(16)26)23(4,5)6)18-14-27-21(24-18)19-10-8-9-11-25(19)7/h12-14,19,26H,8-11H2,1-7H3. The van der Waals surface area contributed by atoms with Crippen molar-refractivity contribution in [1.82, 2.24) is 9.88 Å². The number of phenols is 1. The zero-order chi connectivity index (χ0) is 20.0. The molecule has 1 atom stereocenters. The Morgan fingerprint density at radius 3 is 2.15 bits per heavy atom. The number of phenolic OH excluding ortho intramolecular Hbond substituents is 1. The van der Waals surface area contributed by atoms with Crippen LogP contribution in [0.5, 0.6) is 5.75 Å². The summed E-state index contributed by atoms with van der Waals surface area (Å²) in [6, 6.07) is 4.71. The molecule has 1 aromatic heterocycles. The molecule has 0 bridgehead atoms. The van der Waals surface area contributed by atoms with Gasteiger partial charge in [-0.05, 0) is 49.4 Å². The molecule has 1 saturated heterocycles. The molecule has 0 spiro atoms. The van der Waals surface area contributed by atoms with Crippen LogP contribution >= 0.6 is 11.3 Å². The van der Waals surface area contributed by atoms with Gasteiger partial charge < -0.3 is 5.11 Å². The summed E-state index contributed by atoms with van der Waals surface area (Å²) in [4.78, 5) is 7.46. The number of hydrogen-bond acceptors (Lipinski definition) is 4. The monoisotopic (exact) mass is 386 g/mol. The molecular weight excluding hydrogens is 352 g/mol. The van der Waals surface area contributed by atoms with Gasteiger partial charge in [0.05, 0.1) is 11.7 Å². The second-order valence-corrected chi connectivity index (χ2v) is 10.9. The fourth-order valence-electron chi connectivity index (χ4n) is 3.89. The summed E-state index contributed by atoms with van der Waals surface area (Å²) in [7, 11) is 2.21. The van der Waals surface area contributed by atoms with Crippen LogP contribution in [0.1, 0.15) is 83.0 Å². The van der Waals surface area contributed by atoms with Crippen molar-refractivity contribution >= 4 is 11.3 Å². The Morgan fingerprint density at radius 1 is 1.04 bits per heavy atom. The van der Waals surface area contributed by atoms with Gasteiger partial charge in [0.2, 0.25) is 0 Å². The fraction of sp³-hybridized carbons (Fsp3) is 0.609. The number of rotatable bonds is 2. The summed E-state index contributed by atoms with van der Waals surface area (Å²) in [5, 5.41) is 14.4. The van der Waals surface area contributed by atoms with Crippen LogP contribution in [0.25, 0.3) is 11.3 Å². The Bertz CT molecular complexity index is 776. The zero-order valence-corrected chi connectivity index (χ0v) is 18.7. The van der Waals surface area contributed by atoms with Gasteiger partial charge in [0.25, 0.3) is 0 Å². The van der Waals surface area contributed by atoms with E-state index in [-0.39, 0.29) is 10.8 Å². The SMILES string of the molecule is CN1CCCCC1c1nc(-c2cc(C(C)(C)C)c(O)c(C(C)(C)C)c2)cs1. The molecule has 0 radical (unpaired) electrons. The van der Waals surface area contributed by atoms with Gasteiger partial charge in [-0.3, -0.25) is 4.90 Å². The average molecular weight is 387 g/mol. The number of benzene rings is 1. The van der Waals surface area contributed by atoms with Crippen LogP contribution in [0.3, 0.4) is 0 Å². The van der Waals surface area contributed by atoms with E-state index in [0.717, 1.165) is 28.9 Å². The third-order valence-corrected chi connectivity index (χ3v) is 6.55. The van der Waals surface area contributed by atoms with Crippen molar-refractivity contribution in [3.8, 4) is 17.0 Å². The largest absolute Gasteiger partial charge is 0.507 e. The first-order valence-corrected chi connectivity index (χ1v) is 10.9. The normalized spacial score (nSPS) is 19.4. The van der Waals surface area contributed by atoms with Crippen LogP contribution in [-0.2, 0) is 10.8 Å². The highest BCUT2D eigenvalue weighted by atomic mass is 32.1. The number of likely N-dealkylation sites (tertiary alicyclic amines) is 1. The summed E-state index contributed by atoms with van der Waals surface area (Å²) >= 11 is 1.77. The Hall–Kier alpha value is -1.39. The third kappa shape index (κ3) is 4.22. The maximum atomic E-state index is 11.0.